The maximum atomic E-state index is 12.5. The minimum absolute atomic E-state index is 0.222. The number of guanidine groups is 1. The van der Waals surface area contributed by atoms with E-state index in [1.54, 1.807) is 0 Å². The SMILES string of the molecule is CCNC(=NCCCC(=O)N1Cc2ccccc2C1)NCCCN1CCOCC1. The molecule has 0 aliphatic carbocycles. The summed E-state index contributed by atoms with van der Waals surface area (Å²) in [5, 5.41) is 6.69. The van der Waals surface area contributed by atoms with Crippen molar-refractivity contribution < 1.29 is 9.53 Å². The maximum Gasteiger partial charge on any atom is 0.223 e. The number of rotatable bonds is 9. The van der Waals surface area contributed by atoms with Crippen LogP contribution in [0.4, 0.5) is 0 Å². The lowest BCUT2D eigenvalue weighted by Crippen LogP contribution is -2.40. The molecule has 1 amide bonds. The Bertz CT molecular complexity index is 648. The van der Waals surface area contributed by atoms with Crippen LogP contribution in [0.15, 0.2) is 29.3 Å². The first kappa shape index (κ1) is 21.6. The minimum Gasteiger partial charge on any atom is -0.379 e. The number of hydrogen-bond acceptors (Lipinski definition) is 4. The van der Waals surface area contributed by atoms with Crippen LogP contribution in [0.1, 0.15) is 37.3 Å². The predicted octanol–water partition coefficient (Wildman–Crippen LogP) is 1.59. The fraction of sp³-hybridized carbons (Fsp3) is 0.636. The summed E-state index contributed by atoms with van der Waals surface area (Å²) in [5.74, 6) is 1.07. The third-order valence-corrected chi connectivity index (χ3v) is 5.40. The lowest BCUT2D eigenvalue weighted by atomic mass is 10.1. The molecule has 1 aromatic carbocycles. The zero-order valence-corrected chi connectivity index (χ0v) is 17.7. The monoisotopic (exact) mass is 401 g/mol. The summed E-state index contributed by atoms with van der Waals surface area (Å²) in [6.45, 7) is 10.8. The van der Waals surface area contributed by atoms with Crippen LogP contribution in [-0.2, 0) is 22.6 Å². The maximum absolute atomic E-state index is 12.5. The number of carbonyl (C=O) groups excluding carboxylic acids is 1. The van der Waals surface area contributed by atoms with E-state index in [0.717, 1.165) is 77.8 Å². The fourth-order valence-electron chi connectivity index (χ4n) is 3.76. The van der Waals surface area contributed by atoms with Crippen LogP contribution in [0.5, 0.6) is 0 Å². The highest BCUT2D eigenvalue weighted by atomic mass is 16.5. The molecule has 1 saturated heterocycles. The Balaban J connectivity index is 1.32. The summed E-state index contributed by atoms with van der Waals surface area (Å²) in [7, 11) is 0. The average molecular weight is 402 g/mol. The first-order valence-electron chi connectivity index (χ1n) is 10.9. The standard InChI is InChI=1S/C22H35N5O2/c1-2-23-22(25-11-6-12-26-13-15-29-16-14-26)24-10-5-9-21(28)27-17-19-7-3-4-8-20(19)18-27/h3-4,7-8H,2,5-6,9-18H2,1H3,(H2,23,24,25). The first-order valence-corrected chi connectivity index (χ1v) is 10.9. The number of hydrogen-bond donors (Lipinski definition) is 2. The highest BCUT2D eigenvalue weighted by Gasteiger charge is 2.22. The highest BCUT2D eigenvalue weighted by Crippen LogP contribution is 2.22. The van der Waals surface area contributed by atoms with E-state index in [-0.39, 0.29) is 5.91 Å². The van der Waals surface area contributed by atoms with E-state index in [2.05, 4.69) is 39.6 Å². The van der Waals surface area contributed by atoms with Crippen LogP contribution in [-0.4, -0.2) is 74.1 Å². The topological polar surface area (TPSA) is 69.2 Å². The Kier molecular flexibility index (Phi) is 8.77. The second kappa shape index (κ2) is 11.8. The normalized spacial score (nSPS) is 17.3. The van der Waals surface area contributed by atoms with Gasteiger partial charge in [0, 0.05) is 52.2 Å². The smallest absolute Gasteiger partial charge is 0.223 e. The molecule has 0 aromatic heterocycles. The van der Waals surface area contributed by atoms with Crippen LogP contribution in [0.2, 0.25) is 0 Å². The van der Waals surface area contributed by atoms with E-state index in [9.17, 15) is 4.79 Å². The molecule has 160 valence electrons. The van der Waals surface area contributed by atoms with Gasteiger partial charge in [-0.05, 0) is 37.4 Å². The Labute approximate surface area is 174 Å². The quantitative estimate of drug-likeness (QED) is 0.374. The number of ether oxygens (including phenoxy) is 1. The minimum atomic E-state index is 0.222. The van der Waals surface area contributed by atoms with Crippen LogP contribution in [0.3, 0.4) is 0 Å². The molecule has 0 bridgehead atoms. The van der Waals surface area contributed by atoms with Gasteiger partial charge in [-0.25, -0.2) is 0 Å². The molecule has 0 spiro atoms. The largest absolute Gasteiger partial charge is 0.379 e. The molecule has 0 radical (unpaired) electrons. The Morgan fingerprint density at radius 3 is 2.52 bits per heavy atom. The molecule has 0 atom stereocenters. The molecule has 7 heteroatoms. The molecule has 0 saturated carbocycles. The Morgan fingerprint density at radius 2 is 1.83 bits per heavy atom. The number of fused-ring (bicyclic) bond motifs is 1. The van der Waals surface area contributed by atoms with Crippen LogP contribution >= 0.6 is 0 Å². The molecule has 1 fully saturated rings. The lowest BCUT2D eigenvalue weighted by molar-refractivity contribution is -0.131. The number of aliphatic imine (C=N–C) groups is 1. The fourth-order valence-corrected chi connectivity index (χ4v) is 3.76. The van der Waals surface area contributed by atoms with E-state index in [4.69, 9.17) is 4.74 Å². The van der Waals surface area contributed by atoms with Crippen molar-refractivity contribution in [2.24, 2.45) is 4.99 Å². The van der Waals surface area contributed by atoms with Crippen molar-refractivity contribution in [3.8, 4) is 0 Å². The average Bonchev–Trinajstić information content (AvgIpc) is 3.19. The van der Waals surface area contributed by atoms with Gasteiger partial charge in [0.25, 0.3) is 0 Å². The molecule has 0 unspecified atom stereocenters. The van der Waals surface area contributed by atoms with Crippen molar-refractivity contribution in [3.63, 3.8) is 0 Å². The van der Waals surface area contributed by atoms with Gasteiger partial charge < -0.3 is 20.3 Å². The summed E-state index contributed by atoms with van der Waals surface area (Å²) in [5.41, 5.74) is 2.55. The molecule has 29 heavy (non-hydrogen) atoms. The van der Waals surface area contributed by atoms with E-state index in [1.165, 1.54) is 11.1 Å². The number of amides is 1. The third-order valence-electron chi connectivity index (χ3n) is 5.40. The zero-order chi connectivity index (χ0) is 20.3. The summed E-state index contributed by atoms with van der Waals surface area (Å²) in [4.78, 5) is 21.5. The summed E-state index contributed by atoms with van der Waals surface area (Å²) < 4.78 is 5.38. The number of benzene rings is 1. The second-order valence-electron chi connectivity index (χ2n) is 7.62. The van der Waals surface area contributed by atoms with Crippen molar-refractivity contribution in [1.82, 2.24) is 20.4 Å². The van der Waals surface area contributed by atoms with Crippen molar-refractivity contribution in [2.75, 3.05) is 52.5 Å². The van der Waals surface area contributed by atoms with Gasteiger partial charge >= 0.3 is 0 Å². The molecule has 7 nitrogen and oxygen atoms in total. The van der Waals surface area contributed by atoms with Crippen LogP contribution in [0, 0.1) is 0 Å². The summed E-state index contributed by atoms with van der Waals surface area (Å²) in [6.07, 6.45) is 2.41. The lowest BCUT2D eigenvalue weighted by Gasteiger charge is -2.26. The van der Waals surface area contributed by atoms with Crippen molar-refractivity contribution >= 4 is 11.9 Å². The van der Waals surface area contributed by atoms with Crippen LogP contribution in [0.25, 0.3) is 0 Å². The number of morpholine rings is 1. The van der Waals surface area contributed by atoms with E-state index >= 15 is 0 Å². The summed E-state index contributed by atoms with van der Waals surface area (Å²) >= 11 is 0. The van der Waals surface area contributed by atoms with Crippen molar-refractivity contribution in [1.29, 1.82) is 0 Å². The molecule has 2 aliphatic heterocycles. The van der Waals surface area contributed by atoms with Gasteiger partial charge in [0.05, 0.1) is 13.2 Å². The van der Waals surface area contributed by atoms with Gasteiger partial charge in [0.1, 0.15) is 0 Å². The van der Waals surface area contributed by atoms with Gasteiger partial charge in [0.2, 0.25) is 5.91 Å². The van der Waals surface area contributed by atoms with Gasteiger partial charge in [-0.15, -0.1) is 0 Å². The molecular formula is C22H35N5O2. The van der Waals surface area contributed by atoms with E-state index < -0.39 is 0 Å². The van der Waals surface area contributed by atoms with E-state index in [0.29, 0.717) is 13.0 Å². The van der Waals surface area contributed by atoms with Gasteiger partial charge in [-0.3, -0.25) is 14.7 Å². The molecule has 3 rings (SSSR count). The van der Waals surface area contributed by atoms with Gasteiger partial charge in [-0.1, -0.05) is 24.3 Å². The number of nitrogens with zero attached hydrogens (tertiary/aromatic N) is 3. The highest BCUT2D eigenvalue weighted by molar-refractivity contribution is 5.80. The second-order valence-corrected chi connectivity index (χ2v) is 7.62. The van der Waals surface area contributed by atoms with Crippen molar-refractivity contribution in [3.05, 3.63) is 35.4 Å². The number of carbonyl (C=O) groups is 1. The third kappa shape index (κ3) is 7.01. The first-order chi connectivity index (χ1) is 14.3. The Morgan fingerprint density at radius 1 is 1.10 bits per heavy atom. The van der Waals surface area contributed by atoms with Crippen molar-refractivity contribution in [2.45, 2.75) is 39.3 Å². The van der Waals surface area contributed by atoms with Gasteiger partial charge in [0.15, 0.2) is 5.96 Å². The van der Waals surface area contributed by atoms with Crippen LogP contribution < -0.4 is 10.6 Å². The molecule has 1 aromatic rings. The van der Waals surface area contributed by atoms with E-state index in [1.807, 2.05) is 17.0 Å². The molecule has 2 aliphatic rings. The number of nitrogens with one attached hydrogen (secondary N) is 2. The summed E-state index contributed by atoms with van der Waals surface area (Å²) in [6, 6.07) is 8.30. The zero-order valence-electron chi connectivity index (χ0n) is 17.7. The van der Waals surface area contributed by atoms with Gasteiger partial charge in [-0.2, -0.15) is 0 Å². The molecular weight excluding hydrogens is 366 g/mol. The Hall–Kier alpha value is -2.12. The predicted molar refractivity (Wildman–Crippen MR) is 116 cm³/mol. The molecule has 2 N–H and O–H groups in total. The molecule has 2 heterocycles.